The number of hydrogen-bond donors (Lipinski definition) is 1. The van der Waals surface area contributed by atoms with E-state index in [0.717, 1.165) is 25.7 Å². The molecule has 116 valence electrons. The number of rotatable bonds is 4. The van der Waals surface area contributed by atoms with Crippen molar-refractivity contribution < 1.29 is 18.3 Å². The predicted octanol–water partition coefficient (Wildman–Crippen LogP) is 2.93. The average Bonchev–Trinajstić information content (AvgIpc) is 2.89. The highest BCUT2D eigenvalue weighted by molar-refractivity contribution is 7.90. The van der Waals surface area contributed by atoms with Crippen LogP contribution in [0.25, 0.3) is 0 Å². The zero-order valence-electron chi connectivity index (χ0n) is 12.7. The van der Waals surface area contributed by atoms with E-state index in [0.29, 0.717) is 11.1 Å². The molecule has 0 spiro atoms. The van der Waals surface area contributed by atoms with E-state index in [1.54, 1.807) is 26.0 Å². The molecule has 1 aromatic rings. The molecule has 0 amide bonds. The minimum absolute atomic E-state index is 0.110. The average molecular weight is 310 g/mol. The van der Waals surface area contributed by atoms with Crippen molar-refractivity contribution in [2.24, 2.45) is 5.92 Å². The Bertz CT molecular complexity index is 657. The number of carboxylic acids is 1. The van der Waals surface area contributed by atoms with Gasteiger partial charge < -0.3 is 5.11 Å². The highest BCUT2D eigenvalue weighted by Crippen LogP contribution is 2.43. The van der Waals surface area contributed by atoms with Crippen molar-refractivity contribution in [2.75, 3.05) is 6.26 Å². The van der Waals surface area contributed by atoms with Crippen LogP contribution in [0.5, 0.6) is 0 Å². The van der Waals surface area contributed by atoms with E-state index in [2.05, 4.69) is 0 Å². The van der Waals surface area contributed by atoms with Gasteiger partial charge in [-0.15, -0.1) is 0 Å². The van der Waals surface area contributed by atoms with E-state index in [1.165, 1.54) is 12.3 Å². The molecule has 21 heavy (non-hydrogen) atoms. The van der Waals surface area contributed by atoms with Crippen molar-refractivity contribution in [1.82, 2.24) is 0 Å². The molecule has 1 fully saturated rings. The third-order valence-electron chi connectivity index (χ3n) is 4.79. The summed E-state index contributed by atoms with van der Waals surface area (Å²) in [5.41, 5.74) is 0.365. The second kappa shape index (κ2) is 5.44. The molecule has 1 atom stereocenters. The number of sulfone groups is 1. The van der Waals surface area contributed by atoms with Crippen molar-refractivity contribution in [3.8, 4) is 0 Å². The first-order valence-electron chi connectivity index (χ1n) is 7.22. The summed E-state index contributed by atoms with van der Waals surface area (Å²) in [4.78, 5) is 12.2. The van der Waals surface area contributed by atoms with Gasteiger partial charge in [-0.3, -0.25) is 4.79 Å². The normalized spacial score (nSPS) is 19.4. The van der Waals surface area contributed by atoms with Gasteiger partial charge in [-0.1, -0.05) is 25.0 Å². The number of benzene rings is 1. The topological polar surface area (TPSA) is 71.4 Å². The largest absolute Gasteiger partial charge is 0.481 e. The van der Waals surface area contributed by atoms with E-state index in [1.807, 2.05) is 0 Å². The van der Waals surface area contributed by atoms with Crippen LogP contribution in [-0.2, 0) is 20.0 Å². The Balaban J connectivity index is 2.52. The fourth-order valence-electron chi connectivity index (χ4n) is 3.43. The number of hydrogen-bond acceptors (Lipinski definition) is 3. The molecule has 0 bridgehead atoms. The Hall–Kier alpha value is -1.36. The molecule has 0 aliphatic heterocycles. The first-order valence-corrected chi connectivity index (χ1v) is 9.11. The fraction of sp³-hybridized carbons (Fsp3) is 0.562. The highest BCUT2D eigenvalue weighted by atomic mass is 32.2. The lowest BCUT2D eigenvalue weighted by molar-refractivity contribution is -0.145. The molecule has 5 heteroatoms. The molecule has 1 aliphatic rings. The van der Waals surface area contributed by atoms with Crippen LogP contribution in [0, 0.1) is 12.8 Å². The van der Waals surface area contributed by atoms with Crippen LogP contribution in [0.4, 0.5) is 0 Å². The van der Waals surface area contributed by atoms with Crippen LogP contribution < -0.4 is 0 Å². The van der Waals surface area contributed by atoms with Crippen molar-refractivity contribution in [3.05, 3.63) is 29.3 Å². The molecular formula is C16H22O4S. The lowest BCUT2D eigenvalue weighted by Crippen LogP contribution is -2.39. The summed E-state index contributed by atoms with van der Waals surface area (Å²) in [5.74, 6) is -0.723. The Morgan fingerprint density at radius 2 is 1.86 bits per heavy atom. The molecule has 0 heterocycles. The third-order valence-corrected chi connectivity index (χ3v) is 6.05. The van der Waals surface area contributed by atoms with Crippen molar-refractivity contribution >= 4 is 15.8 Å². The summed E-state index contributed by atoms with van der Waals surface area (Å²) in [6.07, 6.45) is 5.12. The maximum Gasteiger partial charge on any atom is 0.314 e. The number of carboxylic acid groups (broad SMARTS) is 1. The Morgan fingerprint density at radius 1 is 1.29 bits per heavy atom. The monoisotopic (exact) mass is 310 g/mol. The SMILES string of the molecule is Cc1cc(C(C)(C(=O)O)C2CCCC2)ccc1S(C)(=O)=O. The summed E-state index contributed by atoms with van der Waals surface area (Å²) in [5, 5.41) is 9.75. The third kappa shape index (κ3) is 2.84. The molecule has 0 radical (unpaired) electrons. The van der Waals surface area contributed by atoms with E-state index >= 15 is 0 Å². The number of aliphatic carboxylic acids is 1. The molecular weight excluding hydrogens is 288 g/mol. The minimum Gasteiger partial charge on any atom is -0.481 e. The summed E-state index contributed by atoms with van der Waals surface area (Å²) in [6.45, 7) is 3.48. The van der Waals surface area contributed by atoms with Gasteiger partial charge in [0.2, 0.25) is 0 Å². The van der Waals surface area contributed by atoms with Gasteiger partial charge in [0.15, 0.2) is 9.84 Å². The van der Waals surface area contributed by atoms with Crippen molar-refractivity contribution in [2.45, 2.75) is 49.8 Å². The Labute approximate surface area is 126 Å². The lowest BCUT2D eigenvalue weighted by atomic mass is 9.70. The second-order valence-corrected chi connectivity index (χ2v) is 8.23. The van der Waals surface area contributed by atoms with E-state index in [4.69, 9.17) is 0 Å². The van der Waals surface area contributed by atoms with Gasteiger partial charge in [0, 0.05) is 6.26 Å². The molecule has 0 saturated heterocycles. The van der Waals surface area contributed by atoms with E-state index in [-0.39, 0.29) is 10.8 Å². The number of carbonyl (C=O) groups is 1. The maximum atomic E-state index is 11.9. The summed E-state index contributed by atoms with van der Waals surface area (Å²) >= 11 is 0. The first kappa shape index (κ1) is 16.0. The smallest absolute Gasteiger partial charge is 0.314 e. The van der Waals surface area contributed by atoms with Gasteiger partial charge in [0.1, 0.15) is 0 Å². The zero-order valence-corrected chi connectivity index (χ0v) is 13.5. The van der Waals surface area contributed by atoms with E-state index in [9.17, 15) is 18.3 Å². The molecule has 1 N–H and O–H groups in total. The number of aryl methyl sites for hydroxylation is 1. The maximum absolute atomic E-state index is 11.9. The second-order valence-electron chi connectivity index (χ2n) is 6.24. The summed E-state index contributed by atoms with van der Waals surface area (Å²) in [6, 6.07) is 4.93. The van der Waals surface area contributed by atoms with Crippen molar-refractivity contribution in [3.63, 3.8) is 0 Å². The highest BCUT2D eigenvalue weighted by Gasteiger charge is 2.44. The quantitative estimate of drug-likeness (QED) is 0.928. The standard InChI is InChI=1S/C16H22O4S/c1-11-10-13(8-9-14(11)21(3,19)20)16(2,15(17)18)12-6-4-5-7-12/h8-10,12H,4-7H2,1-3H3,(H,17,18). The Kier molecular flexibility index (Phi) is 4.15. The Morgan fingerprint density at radius 3 is 2.29 bits per heavy atom. The minimum atomic E-state index is -3.28. The molecule has 0 aromatic heterocycles. The van der Waals surface area contributed by atoms with Gasteiger partial charge in [-0.2, -0.15) is 0 Å². The van der Waals surface area contributed by atoms with Crippen LogP contribution in [0.3, 0.4) is 0 Å². The van der Waals surface area contributed by atoms with Gasteiger partial charge in [-0.25, -0.2) is 8.42 Å². The van der Waals surface area contributed by atoms with Gasteiger partial charge in [0.25, 0.3) is 0 Å². The van der Waals surface area contributed by atoms with Crippen molar-refractivity contribution in [1.29, 1.82) is 0 Å². The fourth-order valence-corrected chi connectivity index (χ4v) is 4.38. The van der Waals surface area contributed by atoms with Gasteiger partial charge in [0.05, 0.1) is 10.3 Å². The molecule has 1 unspecified atom stereocenters. The molecule has 1 aromatic carbocycles. The van der Waals surface area contributed by atoms with Gasteiger partial charge in [-0.05, 0) is 49.8 Å². The van der Waals surface area contributed by atoms with E-state index < -0.39 is 21.2 Å². The molecule has 1 aliphatic carbocycles. The first-order chi connectivity index (χ1) is 9.67. The molecule has 2 rings (SSSR count). The molecule has 1 saturated carbocycles. The zero-order chi connectivity index (χ0) is 15.8. The molecule has 4 nitrogen and oxygen atoms in total. The van der Waals surface area contributed by atoms with Crippen LogP contribution in [0.15, 0.2) is 23.1 Å². The van der Waals surface area contributed by atoms with Gasteiger partial charge >= 0.3 is 5.97 Å². The van der Waals surface area contributed by atoms with Crippen LogP contribution in [0.2, 0.25) is 0 Å². The lowest BCUT2D eigenvalue weighted by Gasteiger charge is -2.32. The summed E-state index contributed by atoms with van der Waals surface area (Å²) < 4.78 is 23.4. The van der Waals surface area contributed by atoms with Crippen LogP contribution in [0.1, 0.15) is 43.7 Å². The summed E-state index contributed by atoms with van der Waals surface area (Å²) in [7, 11) is -3.28. The van der Waals surface area contributed by atoms with Crippen LogP contribution in [-0.4, -0.2) is 25.7 Å². The van der Waals surface area contributed by atoms with Crippen LogP contribution >= 0.6 is 0 Å². The predicted molar refractivity (Wildman–Crippen MR) is 81.2 cm³/mol.